The third-order valence-corrected chi connectivity index (χ3v) is 2.76. The number of aliphatic hydroxyl groups excluding tert-OH is 1. The van der Waals surface area contributed by atoms with E-state index in [1.54, 1.807) is 0 Å². The first-order valence-corrected chi connectivity index (χ1v) is 4.37. The number of hydrogen-bond donors (Lipinski definition) is 2. The molecule has 1 heterocycles. The van der Waals surface area contributed by atoms with Crippen molar-refractivity contribution in [2.45, 2.75) is 30.9 Å². The maximum atomic E-state index is 8.99. The summed E-state index contributed by atoms with van der Waals surface area (Å²) in [6, 6.07) is 0. The van der Waals surface area contributed by atoms with Gasteiger partial charge in [0.25, 0.3) is 0 Å². The van der Waals surface area contributed by atoms with E-state index in [1.165, 1.54) is 12.8 Å². The Balaban J connectivity index is 1.61. The van der Waals surface area contributed by atoms with Gasteiger partial charge in [0.1, 0.15) is 0 Å². The van der Waals surface area contributed by atoms with Crippen LogP contribution in [0.1, 0.15) is 19.3 Å². The zero-order valence-electron chi connectivity index (χ0n) is 6.79. The van der Waals surface area contributed by atoms with Crippen LogP contribution in [-0.4, -0.2) is 41.3 Å². The van der Waals surface area contributed by atoms with Crippen LogP contribution in [0, 0.1) is 0 Å². The molecule has 0 aromatic heterocycles. The van der Waals surface area contributed by atoms with Gasteiger partial charge in [-0.2, -0.15) is 0 Å². The predicted octanol–water partition coefficient (Wildman–Crippen LogP) is -0.456. The summed E-state index contributed by atoms with van der Waals surface area (Å²) in [6.07, 6.45) is 3.44. The lowest BCUT2D eigenvalue weighted by Crippen LogP contribution is -2.51. The molecule has 3 nitrogen and oxygen atoms in total. The maximum Gasteiger partial charge on any atom is 0.0793 e. The van der Waals surface area contributed by atoms with E-state index in [9.17, 15) is 0 Å². The quantitative estimate of drug-likeness (QED) is 0.581. The average Bonchev–Trinajstić information content (AvgIpc) is 2.59. The highest BCUT2D eigenvalue weighted by molar-refractivity contribution is 4.99. The molecule has 1 aliphatic carbocycles. The summed E-state index contributed by atoms with van der Waals surface area (Å²) in [6.45, 7) is 2.79. The van der Waals surface area contributed by atoms with Crippen molar-refractivity contribution in [2.75, 3.05) is 19.6 Å². The normalized spacial score (nSPS) is 30.0. The molecule has 0 unspecified atom stereocenters. The van der Waals surface area contributed by atoms with Gasteiger partial charge in [0.05, 0.1) is 6.10 Å². The molecule has 1 aliphatic heterocycles. The number of nitrogens with zero attached hydrogens (tertiary/aromatic N) is 1. The van der Waals surface area contributed by atoms with Gasteiger partial charge in [0.15, 0.2) is 0 Å². The standard InChI is InChI=1S/C8H16N2O/c9-8(1-2-8)3-4-10-5-7(11)6-10/h7,11H,1-6,9H2. The SMILES string of the molecule is NC1(CCN2CC(O)C2)CC1. The minimum atomic E-state index is -0.0667. The van der Waals surface area contributed by atoms with Crippen LogP contribution in [0.3, 0.4) is 0 Å². The van der Waals surface area contributed by atoms with Gasteiger partial charge >= 0.3 is 0 Å². The lowest BCUT2D eigenvalue weighted by Gasteiger charge is -2.36. The summed E-state index contributed by atoms with van der Waals surface area (Å²) in [7, 11) is 0. The minimum absolute atomic E-state index is 0.0667. The minimum Gasteiger partial charge on any atom is -0.390 e. The molecule has 3 N–H and O–H groups in total. The van der Waals surface area contributed by atoms with Crippen LogP contribution >= 0.6 is 0 Å². The zero-order valence-corrected chi connectivity index (χ0v) is 6.79. The summed E-state index contributed by atoms with van der Waals surface area (Å²) in [4.78, 5) is 2.26. The van der Waals surface area contributed by atoms with Crippen molar-refractivity contribution in [3.63, 3.8) is 0 Å². The van der Waals surface area contributed by atoms with Crippen LogP contribution in [-0.2, 0) is 0 Å². The third-order valence-electron chi connectivity index (χ3n) is 2.76. The van der Waals surface area contributed by atoms with Crippen LogP contribution in [0.5, 0.6) is 0 Å². The topological polar surface area (TPSA) is 49.5 Å². The Morgan fingerprint density at radius 2 is 2.09 bits per heavy atom. The number of nitrogens with two attached hydrogens (primary N) is 1. The Hall–Kier alpha value is -0.120. The van der Waals surface area contributed by atoms with E-state index in [4.69, 9.17) is 10.8 Å². The fraction of sp³-hybridized carbons (Fsp3) is 1.00. The van der Waals surface area contributed by atoms with E-state index in [-0.39, 0.29) is 11.6 Å². The molecule has 64 valence electrons. The smallest absolute Gasteiger partial charge is 0.0793 e. The zero-order chi connectivity index (χ0) is 7.90. The first kappa shape index (κ1) is 7.53. The molecular formula is C8H16N2O. The molecule has 0 amide bonds. The summed E-state index contributed by atoms with van der Waals surface area (Å²) < 4.78 is 0. The van der Waals surface area contributed by atoms with E-state index in [0.29, 0.717) is 0 Å². The fourth-order valence-corrected chi connectivity index (χ4v) is 1.52. The number of hydrogen-bond acceptors (Lipinski definition) is 3. The Labute approximate surface area is 67.2 Å². The average molecular weight is 156 g/mol. The Kier molecular flexibility index (Phi) is 1.67. The Morgan fingerprint density at radius 1 is 1.45 bits per heavy atom. The summed E-state index contributed by atoms with van der Waals surface area (Å²) >= 11 is 0. The van der Waals surface area contributed by atoms with E-state index in [1.807, 2.05) is 0 Å². The summed E-state index contributed by atoms with van der Waals surface area (Å²) in [5, 5.41) is 8.99. The second-order valence-corrected chi connectivity index (χ2v) is 4.03. The van der Waals surface area contributed by atoms with Gasteiger partial charge in [-0.05, 0) is 19.3 Å². The van der Waals surface area contributed by atoms with E-state index in [0.717, 1.165) is 26.1 Å². The molecule has 1 saturated heterocycles. The molecule has 0 atom stereocenters. The van der Waals surface area contributed by atoms with E-state index >= 15 is 0 Å². The van der Waals surface area contributed by atoms with Crippen LogP contribution in [0.25, 0.3) is 0 Å². The van der Waals surface area contributed by atoms with Crippen molar-refractivity contribution in [3.05, 3.63) is 0 Å². The van der Waals surface area contributed by atoms with Crippen molar-refractivity contribution in [1.82, 2.24) is 4.90 Å². The van der Waals surface area contributed by atoms with Crippen molar-refractivity contribution >= 4 is 0 Å². The number of rotatable bonds is 3. The molecule has 2 aliphatic rings. The molecule has 0 aromatic carbocycles. The van der Waals surface area contributed by atoms with Crippen molar-refractivity contribution in [1.29, 1.82) is 0 Å². The van der Waals surface area contributed by atoms with Gasteiger partial charge in [0, 0.05) is 25.2 Å². The van der Waals surface area contributed by atoms with Gasteiger partial charge in [-0.3, -0.25) is 4.90 Å². The van der Waals surface area contributed by atoms with Gasteiger partial charge in [-0.1, -0.05) is 0 Å². The fourth-order valence-electron chi connectivity index (χ4n) is 1.52. The molecular weight excluding hydrogens is 140 g/mol. The number of likely N-dealkylation sites (tertiary alicyclic amines) is 1. The Morgan fingerprint density at radius 3 is 2.55 bits per heavy atom. The first-order valence-electron chi connectivity index (χ1n) is 4.37. The van der Waals surface area contributed by atoms with Gasteiger partial charge in [0.2, 0.25) is 0 Å². The molecule has 0 spiro atoms. The number of aliphatic hydroxyl groups is 1. The number of β-amino-alcohol motifs (C(OH)–C–C–N with tert-alkyl or cyclic N) is 1. The van der Waals surface area contributed by atoms with Crippen LogP contribution in [0.2, 0.25) is 0 Å². The van der Waals surface area contributed by atoms with E-state index < -0.39 is 0 Å². The molecule has 0 radical (unpaired) electrons. The lowest BCUT2D eigenvalue weighted by molar-refractivity contribution is 0.000447. The highest BCUT2D eigenvalue weighted by Gasteiger charge is 2.38. The second-order valence-electron chi connectivity index (χ2n) is 4.03. The molecule has 2 fully saturated rings. The summed E-state index contributed by atoms with van der Waals surface area (Å²) in [5.41, 5.74) is 6.10. The van der Waals surface area contributed by atoms with Gasteiger partial charge < -0.3 is 10.8 Å². The molecule has 0 aromatic rings. The monoisotopic (exact) mass is 156 g/mol. The van der Waals surface area contributed by atoms with Crippen molar-refractivity contribution in [2.24, 2.45) is 5.73 Å². The molecule has 11 heavy (non-hydrogen) atoms. The second kappa shape index (κ2) is 2.44. The van der Waals surface area contributed by atoms with Crippen LogP contribution in [0.4, 0.5) is 0 Å². The van der Waals surface area contributed by atoms with Crippen molar-refractivity contribution in [3.8, 4) is 0 Å². The largest absolute Gasteiger partial charge is 0.390 e. The highest BCUT2D eigenvalue weighted by Crippen LogP contribution is 2.35. The molecule has 2 rings (SSSR count). The van der Waals surface area contributed by atoms with E-state index in [2.05, 4.69) is 4.90 Å². The molecule has 0 bridgehead atoms. The van der Waals surface area contributed by atoms with Crippen LogP contribution < -0.4 is 5.73 Å². The highest BCUT2D eigenvalue weighted by atomic mass is 16.3. The molecule has 1 saturated carbocycles. The van der Waals surface area contributed by atoms with Crippen LogP contribution in [0.15, 0.2) is 0 Å². The summed E-state index contributed by atoms with van der Waals surface area (Å²) in [5.74, 6) is 0. The van der Waals surface area contributed by atoms with Gasteiger partial charge in [-0.25, -0.2) is 0 Å². The lowest BCUT2D eigenvalue weighted by atomic mass is 10.1. The maximum absolute atomic E-state index is 8.99. The predicted molar refractivity (Wildman–Crippen MR) is 43.2 cm³/mol. The molecule has 3 heteroatoms. The van der Waals surface area contributed by atoms with Gasteiger partial charge in [-0.15, -0.1) is 0 Å². The van der Waals surface area contributed by atoms with Crippen molar-refractivity contribution < 1.29 is 5.11 Å². The Bertz CT molecular complexity index is 150. The third kappa shape index (κ3) is 1.72. The first-order chi connectivity index (χ1) is 5.18.